The number of benzene rings is 3. The van der Waals surface area contributed by atoms with Gasteiger partial charge in [-0.2, -0.15) is 5.10 Å². The van der Waals surface area contributed by atoms with Crippen molar-refractivity contribution in [2.45, 2.75) is 0 Å². The number of esters is 1. The van der Waals surface area contributed by atoms with E-state index in [1.165, 1.54) is 12.3 Å². The number of rotatable bonds is 8. The molecule has 0 aliphatic heterocycles. The van der Waals surface area contributed by atoms with Crippen LogP contribution in [0.2, 0.25) is 10.0 Å². The maximum Gasteiger partial charge on any atom is 0.343 e. The maximum atomic E-state index is 12.3. The van der Waals surface area contributed by atoms with Gasteiger partial charge < -0.3 is 14.2 Å². The fourth-order valence-corrected chi connectivity index (χ4v) is 2.96. The van der Waals surface area contributed by atoms with Crippen LogP contribution in [0.4, 0.5) is 0 Å². The lowest BCUT2D eigenvalue weighted by Gasteiger charge is -2.07. The number of ether oxygens (including phenoxy) is 3. The summed E-state index contributed by atoms with van der Waals surface area (Å²) in [4.78, 5) is 24.2. The zero-order chi connectivity index (χ0) is 22.9. The molecular formula is C23H18Cl2N2O5. The van der Waals surface area contributed by atoms with E-state index in [1.807, 2.05) is 0 Å². The number of hydrazone groups is 1. The summed E-state index contributed by atoms with van der Waals surface area (Å²) in [5.74, 6) is 0.328. The summed E-state index contributed by atoms with van der Waals surface area (Å²) in [6.45, 7) is -0.280. The quantitative estimate of drug-likeness (QED) is 0.221. The highest BCUT2D eigenvalue weighted by atomic mass is 35.5. The van der Waals surface area contributed by atoms with Crippen molar-refractivity contribution >= 4 is 41.3 Å². The first-order valence-electron chi connectivity index (χ1n) is 9.30. The van der Waals surface area contributed by atoms with Crippen LogP contribution in [-0.2, 0) is 4.79 Å². The predicted octanol–water partition coefficient (Wildman–Crippen LogP) is 4.75. The van der Waals surface area contributed by atoms with Crippen molar-refractivity contribution in [3.05, 3.63) is 87.9 Å². The number of halogens is 2. The summed E-state index contributed by atoms with van der Waals surface area (Å²) in [7, 11) is 1.55. The molecule has 9 heteroatoms. The molecule has 0 bridgehead atoms. The molecule has 0 aromatic heterocycles. The van der Waals surface area contributed by atoms with E-state index in [0.717, 1.165) is 0 Å². The molecule has 1 amide bonds. The number of methoxy groups -OCH3 is 1. The summed E-state index contributed by atoms with van der Waals surface area (Å²) in [5.41, 5.74) is 3.35. The molecule has 0 aliphatic rings. The van der Waals surface area contributed by atoms with E-state index in [1.54, 1.807) is 67.8 Å². The molecule has 0 radical (unpaired) electrons. The minimum absolute atomic E-state index is 0.280. The molecule has 7 nitrogen and oxygen atoms in total. The predicted molar refractivity (Wildman–Crippen MR) is 122 cm³/mol. The van der Waals surface area contributed by atoms with E-state index in [4.69, 9.17) is 37.4 Å². The lowest BCUT2D eigenvalue weighted by Crippen LogP contribution is -2.24. The molecule has 3 aromatic carbocycles. The average molecular weight is 473 g/mol. The van der Waals surface area contributed by atoms with E-state index < -0.39 is 11.9 Å². The molecule has 0 heterocycles. The van der Waals surface area contributed by atoms with Gasteiger partial charge in [0.15, 0.2) is 6.61 Å². The Morgan fingerprint density at radius 2 is 1.78 bits per heavy atom. The number of nitrogens with one attached hydrogen (secondary N) is 1. The Morgan fingerprint density at radius 3 is 2.50 bits per heavy atom. The second-order valence-electron chi connectivity index (χ2n) is 6.35. The first-order chi connectivity index (χ1) is 15.4. The number of nitrogens with zero attached hydrogens (tertiary/aromatic N) is 1. The van der Waals surface area contributed by atoms with Crippen molar-refractivity contribution in [2.24, 2.45) is 5.10 Å². The van der Waals surface area contributed by atoms with Gasteiger partial charge in [0.1, 0.15) is 17.2 Å². The SMILES string of the molecule is COc1ccc(C(=O)Oc2cccc(/C=N/NC(=O)COc3ccc(Cl)cc3Cl)c2)cc1. The van der Waals surface area contributed by atoms with Gasteiger partial charge in [-0.3, -0.25) is 4.79 Å². The molecule has 3 aromatic rings. The summed E-state index contributed by atoms with van der Waals surface area (Å²) in [5, 5.41) is 4.64. The molecule has 1 N–H and O–H groups in total. The van der Waals surface area contributed by atoms with Crippen LogP contribution in [0.5, 0.6) is 17.2 Å². The first-order valence-corrected chi connectivity index (χ1v) is 10.1. The maximum absolute atomic E-state index is 12.3. The molecule has 0 unspecified atom stereocenters. The third kappa shape index (κ3) is 6.73. The highest BCUT2D eigenvalue weighted by Crippen LogP contribution is 2.27. The number of carbonyl (C=O) groups excluding carboxylic acids is 2. The minimum atomic E-state index is -0.506. The summed E-state index contributed by atoms with van der Waals surface area (Å²) in [6, 6.07) is 18.0. The second kappa shape index (κ2) is 11.2. The van der Waals surface area contributed by atoms with E-state index in [9.17, 15) is 9.59 Å². The Morgan fingerprint density at radius 1 is 1.00 bits per heavy atom. The average Bonchev–Trinajstić information content (AvgIpc) is 2.79. The Labute approximate surface area is 194 Å². The molecule has 0 fully saturated rings. The normalized spacial score (nSPS) is 10.6. The van der Waals surface area contributed by atoms with Crippen LogP contribution < -0.4 is 19.6 Å². The molecule has 0 saturated heterocycles. The second-order valence-corrected chi connectivity index (χ2v) is 7.19. The smallest absolute Gasteiger partial charge is 0.343 e. The van der Waals surface area contributed by atoms with Gasteiger partial charge in [0.25, 0.3) is 5.91 Å². The summed E-state index contributed by atoms with van der Waals surface area (Å²) >= 11 is 11.8. The molecule has 164 valence electrons. The van der Waals surface area contributed by atoms with Crippen LogP contribution in [0.25, 0.3) is 0 Å². The van der Waals surface area contributed by atoms with Crippen molar-refractivity contribution in [1.82, 2.24) is 5.43 Å². The van der Waals surface area contributed by atoms with Crippen LogP contribution in [-0.4, -0.2) is 31.8 Å². The third-order valence-corrected chi connectivity index (χ3v) is 4.58. The molecule has 0 spiro atoms. The van der Waals surface area contributed by atoms with Gasteiger partial charge in [-0.25, -0.2) is 10.2 Å². The van der Waals surface area contributed by atoms with Crippen LogP contribution in [0.1, 0.15) is 15.9 Å². The van der Waals surface area contributed by atoms with E-state index in [-0.39, 0.29) is 6.61 Å². The molecule has 3 rings (SSSR count). The van der Waals surface area contributed by atoms with Gasteiger partial charge in [0, 0.05) is 5.02 Å². The van der Waals surface area contributed by atoms with Crippen molar-refractivity contribution in [2.75, 3.05) is 13.7 Å². The lowest BCUT2D eigenvalue weighted by molar-refractivity contribution is -0.123. The first kappa shape index (κ1) is 23.1. The van der Waals surface area contributed by atoms with Gasteiger partial charge in [-0.1, -0.05) is 35.3 Å². The Bertz CT molecular complexity index is 1130. The fraction of sp³-hybridized carbons (Fsp3) is 0.0870. The molecule has 32 heavy (non-hydrogen) atoms. The number of hydrogen-bond acceptors (Lipinski definition) is 6. The number of carbonyl (C=O) groups is 2. The highest BCUT2D eigenvalue weighted by molar-refractivity contribution is 6.35. The standard InChI is InChI=1S/C23H18Cl2N2O5/c1-30-18-8-5-16(6-9-18)23(29)32-19-4-2-3-15(11-19)13-26-27-22(28)14-31-21-10-7-17(24)12-20(21)25/h2-13H,14H2,1H3,(H,27,28)/b26-13+. The third-order valence-electron chi connectivity index (χ3n) is 4.05. The fourth-order valence-electron chi connectivity index (χ4n) is 2.50. The van der Waals surface area contributed by atoms with Crippen molar-refractivity contribution < 1.29 is 23.8 Å². The largest absolute Gasteiger partial charge is 0.497 e. The Balaban J connectivity index is 1.52. The number of amides is 1. The van der Waals surface area contributed by atoms with Gasteiger partial charge in [0.2, 0.25) is 0 Å². The Hall–Kier alpha value is -3.55. The molecule has 0 atom stereocenters. The monoisotopic (exact) mass is 472 g/mol. The lowest BCUT2D eigenvalue weighted by atomic mass is 10.2. The number of hydrogen-bond donors (Lipinski definition) is 1. The van der Waals surface area contributed by atoms with Crippen LogP contribution >= 0.6 is 23.2 Å². The summed E-state index contributed by atoms with van der Waals surface area (Å²) < 4.78 is 15.8. The zero-order valence-corrected chi connectivity index (χ0v) is 18.4. The van der Waals surface area contributed by atoms with Gasteiger partial charge >= 0.3 is 5.97 Å². The van der Waals surface area contributed by atoms with E-state index in [2.05, 4.69) is 10.5 Å². The molecule has 0 aliphatic carbocycles. The highest BCUT2D eigenvalue weighted by Gasteiger charge is 2.09. The van der Waals surface area contributed by atoms with Crippen molar-refractivity contribution in [3.8, 4) is 17.2 Å². The zero-order valence-electron chi connectivity index (χ0n) is 16.9. The van der Waals surface area contributed by atoms with Crippen LogP contribution in [0.3, 0.4) is 0 Å². The Kier molecular flexibility index (Phi) is 8.08. The minimum Gasteiger partial charge on any atom is -0.497 e. The van der Waals surface area contributed by atoms with E-state index >= 15 is 0 Å². The topological polar surface area (TPSA) is 86.2 Å². The van der Waals surface area contributed by atoms with Crippen LogP contribution in [0, 0.1) is 0 Å². The van der Waals surface area contributed by atoms with Crippen molar-refractivity contribution in [3.63, 3.8) is 0 Å². The van der Waals surface area contributed by atoms with Gasteiger partial charge in [0.05, 0.1) is 23.9 Å². The van der Waals surface area contributed by atoms with Gasteiger partial charge in [-0.05, 0) is 60.2 Å². The van der Waals surface area contributed by atoms with E-state index in [0.29, 0.717) is 38.4 Å². The summed E-state index contributed by atoms with van der Waals surface area (Å²) in [6.07, 6.45) is 1.41. The van der Waals surface area contributed by atoms with Crippen molar-refractivity contribution in [1.29, 1.82) is 0 Å². The molecule has 0 saturated carbocycles. The van der Waals surface area contributed by atoms with Crippen LogP contribution in [0.15, 0.2) is 71.8 Å². The molecular weight excluding hydrogens is 455 g/mol. The van der Waals surface area contributed by atoms with Gasteiger partial charge in [-0.15, -0.1) is 0 Å².